The van der Waals surface area contributed by atoms with Gasteiger partial charge in [0.15, 0.2) is 5.82 Å². The van der Waals surface area contributed by atoms with Gasteiger partial charge in [-0.05, 0) is 34.1 Å². The van der Waals surface area contributed by atoms with Crippen molar-refractivity contribution < 1.29 is 9.53 Å². The second-order valence-electron chi connectivity index (χ2n) is 4.46. The van der Waals surface area contributed by atoms with E-state index in [0.29, 0.717) is 18.5 Å². The van der Waals surface area contributed by atoms with E-state index < -0.39 is 6.10 Å². The highest BCUT2D eigenvalue weighted by molar-refractivity contribution is 5.93. The highest BCUT2D eigenvalue weighted by Gasteiger charge is 2.15. The van der Waals surface area contributed by atoms with E-state index in [-0.39, 0.29) is 5.91 Å². The molecule has 5 nitrogen and oxygen atoms in total. The van der Waals surface area contributed by atoms with Crippen LogP contribution in [-0.2, 0) is 9.53 Å². The van der Waals surface area contributed by atoms with Crippen LogP contribution in [0.4, 0.5) is 5.82 Å². The molecule has 1 heterocycles. The molecule has 1 aromatic heterocycles. The van der Waals surface area contributed by atoms with E-state index in [2.05, 4.69) is 24.3 Å². The molecule has 0 radical (unpaired) electrons. The van der Waals surface area contributed by atoms with E-state index in [0.717, 1.165) is 12.1 Å². The van der Waals surface area contributed by atoms with Gasteiger partial charge in [-0.1, -0.05) is 6.92 Å². The zero-order valence-corrected chi connectivity index (χ0v) is 11.9. The molecule has 0 bridgehead atoms. The largest absolute Gasteiger partial charge is 0.369 e. The molecular formula is C13H23N3O2. The maximum atomic E-state index is 11.8. The summed E-state index contributed by atoms with van der Waals surface area (Å²) in [6, 6.07) is 2.21. The highest BCUT2D eigenvalue weighted by Crippen LogP contribution is 2.16. The van der Waals surface area contributed by atoms with Crippen molar-refractivity contribution in [3.8, 4) is 0 Å². The standard InChI is InChI=1S/C13H23N3O2/c1-6-9(3)16-10(4)8-12(15-16)14-13(17)11(5)18-7-2/h8-9,11H,6-7H2,1-5H3,(H,14,15,17). The number of carbonyl (C=O) groups is 1. The van der Waals surface area contributed by atoms with Crippen LogP contribution in [0.3, 0.4) is 0 Å². The van der Waals surface area contributed by atoms with E-state index in [4.69, 9.17) is 4.74 Å². The minimum absolute atomic E-state index is 0.161. The average molecular weight is 253 g/mol. The second kappa shape index (κ2) is 6.54. The molecule has 0 spiro atoms. The Morgan fingerprint density at radius 2 is 2.17 bits per heavy atom. The first kappa shape index (κ1) is 14.7. The van der Waals surface area contributed by atoms with E-state index in [9.17, 15) is 4.79 Å². The van der Waals surface area contributed by atoms with E-state index in [1.165, 1.54) is 0 Å². The van der Waals surface area contributed by atoms with Crippen LogP contribution in [0.15, 0.2) is 6.07 Å². The third kappa shape index (κ3) is 3.57. The third-order valence-corrected chi connectivity index (χ3v) is 2.97. The molecule has 0 aliphatic rings. The van der Waals surface area contributed by atoms with Gasteiger partial charge in [-0.2, -0.15) is 5.10 Å². The Kier molecular flexibility index (Phi) is 5.34. The molecule has 0 saturated carbocycles. The van der Waals surface area contributed by atoms with Crippen LogP contribution in [-0.4, -0.2) is 28.4 Å². The number of hydrogen-bond acceptors (Lipinski definition) is 3. The number of nitrogens with zero attached hydrogens (tertiary/aromatic N) is 2. The number of amides is 1. The minimum atomic E-state index is -0.455. The zero-order chi connectivity index (χ0) is 13.7. The fraction of sp³-hybridized carbons (Fsp3) is 0.692. The van der Waals surface area contributed by atoms with Crippen molar-refractivity contribution in [2.75, 3.05) is 11.9 Å². The molecular weight excluding hydrogens is 230 g/mol. The van der Waals surface area contributed by atoms with E-state index in [1.807, 2.05) is 24.6 Å². The summed E-state index contributed by atoms with van der Waals surface area (Å²) < 4.78 is 7.17. The number of carbonyl (C=O) groups excluding carboxylic acids is 1. The van der Waals surface area contributed by atoms with Gasteiger partial charge in [-0.3, -0.25) is 9.48 Å². The quantitative estimate of drug-likeness (QED) is 0.847. The molecule has 1 aromatic rings. The van der Waals surface area contributed by atoms with Crippen LogP contribution in [0.5, 0.6) is 0 Å². The fourth-order valence-electron chi connectivity index (χ4n) is 1.72. The molecule has 2 unspecified atom stereocenters. The highest BCUT2D eigenvalue weighted by atomic mass is 16.5. The maximum absolute atomic E-state index is 11.8. The first-order valence-electron chi connectivity index (χ1n) is 6.48. The van der Waals surface area contributed by atoms with Gasteiger partial charge in [0.2, 0.25) is 0 Å². The average Bonchev–Trinajstić information content (AvgIpc) is 2.69. The van der Waals surface area contributed by atoms with Crippen molar-refractivity contribution in [2.24, 2.45) is 0 Å². The van der Waals surface area contributed by atoms with Crippen molar-refractivity contribution in [3.63, 3.8) is 0 Å². The summed E-state index contributed by atoms with van der Waals surface area (Å²) in [5.41, 5.74) is 1.05. The summed E-state index contributed by atoms with van der Waals surface area (Å²) in [7, 11) is 0. The second-order valence-corrected chi connectivity index (χ2v) is 4.46. The Balaban J connectivity index is 2.71. The SMILES string of the molecule is CCOC(C)C(=O)Nc1cc(C)n(C(C)CC)n1. The summed E-state index contributed by atoms with van der Waals surface area (Å²) in [6.07, 6.45) is 0.551. The van der Waals surface area contributed by atoms with Crippen molar-refractivity contribution >= 4 is 11.7 Å². The number of rotatable bonds is 6. The van der Waals surface area contributed by atoms with Gasteiger partial charge in [0.25, 0.3) is 5.91 Å². The van der Waals surface area contributed by atoms with Gasteiger partial charge >= 0.3 is 0 Å². The smallest absolute Gasteiger partial charge is 0.254 e. The summed E-state index contributed by atoms with van der Waals surface area (Å²) in [5, 5.41) is 7.16. The fourth-order valence-corrected chi connectivity index (χ4v) is 1.72. The van der Waals surface area contributed by atoms with Gasteiger partial charge in [-0.15, -0.1) is 0 Å². The first-order chi connectivity index (χ1) is 8.49. The molecule has 0 saturated heterocycles. The van der Waals surface area contributed by atoms with Crippen LogP contribution in [0.2, 0.25) is 0 Å². The third-order valence-electron chi connectivity index (χ3n) is 2.97. The van der Waals surface area contributed by atoms with Gasteiger partial charge in [0, 0.05) is 24.4 Å². The Bertz CT molecular complexity index is 401. The monoisotopic (exact) mass is 253 g/mol. The zero-order valence-electron chi connectivity index (χ0n) is 11.9. The lowest BCUT2D eigenvalue weighted by Gasteiger charge is -2.12. The normalized spacial score (nSPS) is 14.3. The van der Waals surface area contributed by atoms with Crippen molar-refractivity contribution in [1.29, 1.82) is 0 Å². The number of aromatic nitrogens is 2. The number of aryl methyl sites for hydroxylation is 1. The molecule has 0 aliphatic carbocycles. The lowest BCUT2D eigenvalue weighted by molar-refractivity contribution is -0.126. The van der Waals surface area contributed by atoms with Gasteiger partial charge in [0.1, 0.15) is 6.10 Å². The minimum Gasteiger partial charge on any atom is -0.369 e. The van der Waals surface area contributed by atoms with Crippen molar-refractivity contribution in [1.82, 2.24) is 9.78 Å². The molecule has 1 N–H and O–H groups in total. The number of nitrogens with one attached hydrogen (secondary N) is 1. The summed E-state index contributed by atoms with van der Waals surface area (Å²) in [6.45, 7) is 10.3. The van der Waals surface area contributed by atoms with Crippen molar-refractivity contribution in [2.45, 2.75) is 53.2 Å². The molecule has 1 rings (SSSR count). The number of anilines is 1. The Morgan fingerprint density at radius 3 is 2.72 bits per heavy atom. The molecule has 0 aliphatic heterocycles. The van der Waals surface area contributed by atoms with Gasteiger partial charge in [-0.25, -0.2) is 0 Å². The summed E-state index contributed by atoms with van der Waals surface area (Å²) in [4.78, 5) is 11.8. The van der Waals surface area contributed by atoms with E-state index >= 15 is 0 Å². The molecule has 5 heteroatoms. The van der Waals surface area contributed by atoms with Crippen molar-refractivity contribution in [3.05, 3.63) is 11.8 Å². The molecule has 1 amide bonds. The van der Waals surface area contributed by atoms with Gasteiger partial charge < -0.3 is 10.1 Å². The van der Waals surface area contributed by atoms with Crippen LogP contribution < -0.4 is 5.32 Å². The Morgan fingerprint density at radius 1 is 1.50 bits per heavy atom. The Hall–Kier alpha value is -1.36. The molecule has 18 heavy (non-hydrogen) atoms. The van der Waals surface area contributed by atoms with Crippen LogP contribution in [0.25, 0.3) is 0 Å². The molecule has 0 aromatic carbocycles. The predicted molar refractivity (Wildman–Crippen MR) is 71.7 cm³/mol. The molecule has 2 atom stereocenters. The van der Waals surface area contributed by atoms with Crippen LogP contribution in [0.1, 0.15) is 45.9 Å². The van der Waals surface area contributed by atoms with Crippen LogP contribution >= 0.6 is 0 Å². The summed E-state index contributed by atoms with van der Waals surface area (Å²) >= 11 is 0. The number of ether oxygens (including phenoxy) is 1. The Labute approximate surface area is 109 Å². The summed E-state index contributed by atoms with van der Waals surface area (Å²) in [5.74, 6) is 0.426. The topological polar surface area (TPSA) is 56.1 Å². The van der Waals surface area contributed by atoms with Crippen LogP contribution in [0, 0.1) is 6.92 Å². The lowest BCUT2D eigenvalue weighted by atomic mass is 10.2. The molecule has 102 valence electrons. The van der Waals surface area contributed by atoms with Gasteiger partial charge in [0.05, 0.1) is 0 Å². The van der Waals surface area contributed by atoms with E-state index in [1.54, 1.807) is 6.92 Å². The first-order valence-corrected chi connectivity index (χ1v) is 6.48. The lowest BCUT2D eigenvalue weighted by Crippen LogP contribution is -2.27. The molecule has 0 fully saturated rings. The predicted octanol–water partition coefficient (Wildman–Crippen LogP) is 2.53. The maximum Gasteiger partial charge on any atom is 0.254 e. The number of hydrogen-bond donors (Lipinski definition) is 1.